The van der Waals surface area contributed by atoms with Gasteiger partial charge in [-0.1, -0.05) is 12.1 Å². The Labute approximate surface area is 102 Å². The summed E-state index contributed by atoms with van der Waals surface area (Å²) in [5.41, 5.74) is 2.91. The number of hydrogen-bond acceptors (Lipinski definition) is 2. The molecule has 0 bridgehead atoms. The molecule has 1 amide bonds. The average molecular weight is 233 g/mol. The van der Waals surface area contributed by atoms with Crippen molar-refractivity contribution in [3.8, 4) is 0 Å². The Morgan fingerprint density at radius 2 is 1.76 bits per heavy atom. The van der Waals surface area contributed by atoms with Crippen molar-refractivity contribution in [2.45, 2.75) is 33.7 Å². The fourth-order valence-electron chi connectivity index (χ4n) is 1.58. The number of carbonyl (C=O) groups is 2. The monoisotopic (exact) mass is 233 g/mol. The van der Waals surface area contributed by atoms with Crippen LogP contribution in [0.25, 0.3) is 0 Å². The predicted molar refractivity (Wildman–Crippen MR) is 68.2 cm³/mol. The molecule has 0 radical (unpaired) electrons. The Kier molecular flexibility index (Phi) is 4.05. The number of likely N-dealkylation sites (N-methyl/N-ethyl adjacent to an activating group) is 1. The van der Waals surface area contributed by atoms with Gasteiger partial charge in [0.1, 0.15) is 0 Å². The van der Waals surface area contributed by atoms with Crippen LogP contribution < -0.4 is 0 Å². The molecule has 1 unspecified atom stereocenters. The average Bonchev–Trinajstić information content (AvgIpc) is 2.29. The maximum atomic E-state index is 12.2. The summed E-state index contributed by atoms with van der Waals surface area (Å²) >= 11 is 0. The second kappa shape index (κ2) is 5.13. The minimum Gasteiger partial charge on any atom is -0.336 e. The number of amides is 1. The minimum atomic E-state index is -0.422. The van der Waals surface area contributed by atoms with E-state index in [1.165, 1.54) is 11.8 Å². The Hall–Kier alpha value is -1.64. The number of ketones is 1. The quantitative estimate of drug-likeness (QED) is 0.751. The van der Waals surface area contributed by atoms with E-state index in [9.17, 15) is 9.59 Å². The molecule has 3 heteroatoms. The predicted octanol–water partition coefficient (Wildman–Crippen LogP) is 2.35. The second-order valence-corrected chi connectivity index (χ2v) is 4.47. The molecule has 0 aliphatic carbocycles. The van der Waals surface area contributed by atoms with Gasteiger partial charge in [0, 0.05) is 19.5 Å². The topological polar surface area (TPSA) is 37.4 Å². The molecule has 0 N–H and O–H groups in total. The van der Waals surface area contributed by atoms with E-state index in [2.05, 4.69) is 0 Å². The summed E-state index contributed by atoms with van der Waals surface area (Å²) in [5.74, 6) is -0.125. The molecule has 3 nitrogen and oxygen atoms in total. The van der Waals surface area contributed by atoms with Gasteiger partial charge in [-0.2, -0.15) is 0 Å². The smallest absolute Gasteiger partial charge is 0.219 e. The van der Waals surface area contributed by atoms with Crippen LogP contribution in [0.5, 0.6) is 0 Å². The van der Waals surface area contributed by atoms with Crippen molar-refractivity contribution in [2.75, 3.05) is 7.05 Å². The van der Waals surface area contributed by atoms with E-state index in [1.807, 2.05) is 32.0 Å². The molecule has 1 aromatic rings. The van der Waals surface area contributed by atoms with Crippen molar-refractivity contribution < 1.29 is 9.59 Å². The molecule has 1 aromatic carbocycles. The van der Waals surface area contributed by atoms with Crippen molar-refractivity contribution >= 4 is 11.7 Å². The summed E-state index contributed by atoms with van der Waals surface area (Å²) in [5, 5.41) is 0. The highest BCUT2D eigenvalue weighted by Gasteiger charge is 2.21. The molecule has 0 saturated heterocycles. The maximum Gasteiger partial charge on any atom is 0.219 e. The zero-order valence-electron chi connectivity index (χ0n) is 11.1. The molecular formula is C14H19NO2. The zero-order chi connectivity index (χ0) is 13.2. The number of carbonyl (C=O) groups excluding carboxylic acids is 2. The molecule has 0 saturated carbocycles. The maximum absolute atomic E-state index is 12.2. The largest absolute Gasteiger partial charge is 0.336 e. The Bertz CT molecular complexity index is 452. The van der Waals surface area contributed by atoms with Gasteiger partial charge in [-0.25, -0.2) is 0 Å². The van der Waals surface area contributed by atoms with Gasteiger partial charge in [0.15, 0.2) is 5.78 Å². The lowest BCUT2D eigenvalue weighted by molar-refractivity contribution is -0.128. The van der Waals surface area contributed by atoms with Crippen molar-refractivity contribution in [1.82, 2.24) is 4.90 Å². The third kappa shape index (κ3) is 2.93. The van der Waals surface area contributed by atoms with Gasteiger partial charge >= 0.3 is 0 Å². The van der Waals surface area contributed by atoms with E-state index < -0.39 is 6.04 Å². The highest BCUT2D eigenvalue weighted by molar-refractivity contribution is 6.01. The number of hydrogen-bond donors (Lipinski definition) is 0. The van der Waals surface area contributed by atoms with E-state index in [0.29, 0.717) is 5.56 Å². The standard InChI is InChI=1S/C14H19NO2/c1-9-6-7-13(8-10(9)2)14(17)11(3)15(5)12(4)16/h6-8,11H,1-5H3. The normalized spacial score (nSPS) is 12.1. The first kappa shape index (κ1) is 13.4. The van der Waals surface area contributed by atoms with E-state index >= 15 is 0 Å². The molecule has 92 valence electrons. The Balaban J connectivity index is 2.96. The summed E-state index contributed by atoms with van der Waals surface area (Å²) in [6, 6.07) is 5.20. The number of Topliss-reactive ketones (excluding diaryl/α,β-unsaturated/α-hetero) is 1. The summed E-state index contributed by atoms with van der Waals surface area (Å²) < 4.78 is 0. The van der Waals surface area contributed by atoms with Crippen molar-refractivity contribution in [1.29, 1.82) is 0 Å². The molecule has 0 fully saturated rings. The van der Waals surface area contributed by atoms with E-state index in [0.717, 1.165) is 11.1 Å². The van der Waals surface area contributed by atoms with E-state index in [-0.39, 0.29) is 11.7 Å². The first-order valence-corrected chi connectivity index (χ1v) is 5.69. The second-order valence-electron chi connectivity index (χ2n) is 4.47. The first-order chi connectivity index (χ1) is 7.84. The number of aryl methyl sites for hydroxylation is 2. The SMILES string of the molecule is CC(=O)N(C)C(C)C(=O)c1ccc(C)c(C)c1. The van der Waals surface area contributed by atoms with Crippen LogP contribution in [0.15, 0.2) is 18.2 Å². The highest BCUT2D eigenvalue weighted by Crippen LogP contribution is 2.13. The van der Waals surface area contributed by atoms with E-state index in [4.69, 9.17) is 0 Å². The van der Waals surface area contributed by atoms with Crippen molar-refractivity contribution in [3.63, 3.8) is 0 Å². The molecule has 17 heavy (non-hydrogen) atoms. The molecule has 0 heterocycles. The molecule has 1 atom stereocenters. The van der Waals surface area contributed by atoms with Crippen LogP contribution in [-0.2, 0) is 4.79 Å². The van der Waals surface area contributed by atoms with Crippen LogP contribution in [0.3, 0.4) is 0 Å². The van der Waals surface area contributed by atoms with Gasteiger partial charge in [0.05, 0.1) is 6.04 Å². The Morgan fingerprint density at radius 1 is 1.18 bits per heavy atom. The van der Waals surface area contributed by atoms with Crippen LogP contribution >= 0.6 is 0 Å². The number of nitrogens with zero attached hydrogens (tertiary/aromatic N) is 1. The fraction of sp³-hybridized carbons (Fsp3) is 0.429. The number of rotatable bonds is 3. The summed E-state index contributed by atoms with van der Waals surface area (Å²) in [6.07, 6.45) is 0. The third-order valence-corrected chi connectivity index (χ3v) is 3.25. The van der Waals surface area contributed by atoms with Crippen molar-refractivity contribution in [3.05, 3.63) is 34.9 Å². The van der Waals surface area contributed by atoms with Crippen LogP contribution in [0.4, 0.5) is 0 Å². The van der Waals surface area contributed by atoms with Crippen LogP contribution in [-0.4, -0.2) is 29.7 Å². The van der Waals surface area contributed by atoms with Gasteiger partial charge in [-0.3, -0.25) is 9.59 Å². The lowest BCUT2D eigenvalue weighted by Crippen LogP contribution is -2.39. The van der Waals surface area contributed by atoms with Crippen LogP contribution in [0, 0.1) is 13.8 Å². The molecule has 0 spiro atoms. The minimum absolute atomic E-state index is 0.0224. The third-order valence-electron chi connectivity index (χ3n) is 3.25. The molecule has 1 rings (SSSR count). The van der Waals surface area contributed by atoms with Crippen molar-refractivity contribution in [2.24, 2.45) is 0 Å². The van der Waals surface area contributed by atoms with Gasteiger partial charge < -0.3 is 4.90 Å². The Morgan fingerprint density at radius 3 is 2.24 bits per heavy atom. The van der Waals surface area contributed by atoms with E-state index in [1.54, 1.807) is 14.0 Å². The lowest BCUT2D eigenvalue weighted by Gasteiger charge is -2.22. The molecule has 0 aliphatic rings. The lowest BCUT2D eigenvalue weighted by atomic mass is 10.00. The molecule has 0 aliphatic heterocycles. The molecular weight excluding hydrogens is 214 g/mol. The first-order valence-electron chi connectivity index (χ1n) is 5.69. The summed E-state index contributed by atoms with van der Waals surface area (Å²) in [7, 11) is 1.64. The van der Waals surface area contributed by atoms with Crippen LogP contribution in [0.1, 0.15) is 35.3 Å². The summed E-state index contributed by atoms with van der Waals surface area (Å²) in [6.45, 7) is 7.20. The molecule has 0 aromatic heterocycles. The van der Waals surface area contributed by atoms with Gasteiger partial charge in [0.2, 0.25) is 5.91 Å². The van der Waals surface area contributed by atoms with Gasteiger partial charge in [0.25, 0.3) is 0 Å². The van der Waals surface area contributed by atoms with Crippen LogP contribution in [0.2, 0.25) is 0 Å². The van der Waals surface area contributed by atoms with Gasteiger partial charge in [-0.15, -0.1) is 0 Å². The highest BCUT2D eigenvalue weighted by atomic mass is 16.2. The summed E-state index contributed by atoms with van der Waals surface area (Å²) in [4.78, 5) is 24.8. The fourth-order valence-corrected chi connectivity index (χ4v) is 1.58. The number of benzene rings is 1. The van der Waals surface area contributed by atoms with Gasteiger partial charge in [-0.05, 0) is 38.0 Å². The zero-order valence-corrected chi connectivity index (χ0v) is 11.1.